The minimum atomic E-state index is 0.627. The maximum absolute atomic E-state index is 6.08. The molecule has 0 amide bonds. The normalized spacial score (nSPS) is 13.7. The largest absolute Gasteiger partial charge is 0.491 e. The number of hydrogen-bond donors (Lipinski definition) is 1. The molecule has 1 aromatic carbocycles. The summed E-state index contributed by atoms with van der Waals surface area (Å²) in [6.07, 6.45) is 5.59. The van der Waals surface area contributed by atoms with Crippen LogP contribution in [0.2, 0.25) is 0 Å². The SMILES string of the molecule is CCCc1c(C)ncnc1N1CCOc2ccc(-c3cnc4nc(C)[nH]c4c3)cc2C1. The number of aromatic amines is 1. The molecule has 0 fully saturated rings. The molecule has 158 valence electrons. The zero-order chi connectivity index (χ0) is 21.4. The van der Waals surface area contributed by atoms with E-state index in [0.29, 0.717) is 6.61 Å². The number of pyridine rings is 1. The van der Waals surface area contributed by atoms with Gasteiger partial charge in [-0.05, 0) is 44.0 Å². The summed E-state index contributed by atoms with van der Waals surface area (Å²) >= 11 is 0. The maximum Gasteiger partial charge on any atom is 0.177 e. The molecule has 5 rings (SSSR count). The van der Waals surface area contributed by atoms with Gasteiger partial charge in [-0.25, -0.2) is 19.9 Å². The number of nitrogens with one attached hydrogen (secondary N) is 1. The molecule has 0 spiro atoms. The highest BCUT2D eigenvalue weighted by atomic mass is 16.5. The lowest BCUT2D eigenvalue weighted by Crippen LogP contribution is -2.27. The van der Waals surface area contributed by atoms with Crippen LogP contribution in [0.15, 0.2) is 36.8 Å². The molecule has 31 heavy (non-hydrogen) atoms. The second-order valence-electron chi connectivity index (χ2n) is 8.02. The highest BCUT2D eigenvalue weighted by Gasteiger charge is 2.21. The van der Waals surface area contributed by atoms with Crippen LogP contribution in [-0.2, 0) is 13.0 Å². The van der Waals surface area contributed by atoms with Crippen molar-refractivity contribution in [2.24, 2.45) is 0 Å². The molecular formula is C24H26N6O. The molecule has 0 radical (unpaired) electrons. The predicted molar refractivity (Wildman–Crippen MR) is 121 cm³/mol. The van der Waals surface area contributed by atoms with Crippen LogP contribution in [0.3, 0.4) is 0 Å². The Balaban J connectivity index is 1.51. The van der Waals surface area contributed by atoms with Gasteiger partial charge in [0.15, 0.2) is 5.65 Å². The summed E-state index contributed by atoms with van der Waals surface area (Å²) in [4.78, 5) is 23.6. The minimum Gasteiger partial charge on any atom is -0.491 e. The molecule has 0 bridgehead atoms. The van der Waals surface area contributed by atoms with Gasteiger partial charge in [0, 0.05) is 35.1 Å². The summed E-state index contributed by atoms with van der Waals surface area (Å²) in [7, 11) is 0. The van der Waals surface area contributed by atoms with Crippen LogP contribution >= 0.6 is 0 Å². The molecule has 7 nitrogen and oxygen atoms in total. The van der Waals surface area contributed by atoms with E-state index in [9.17, 15) is 0 Å². The number of nitrogens with zero attached hydrogens (tertiary/aromatic N) is 5. The van der Waals surface area contributed by atoms with Crippen molar-refractivity contribution < 1.29 is 4.74 Å². The van der Waals surface area contributed by atoms with Gasteiger partial charge in [0.1, 0.15) is 30.3 Å². The second kappa shape index (κ2) is 7.98. The number of ether oxygens (including phenoxy) is 1. The topological polar surface area (TPSA) is 79.8 Å². The van der Waals surface area contributed by atoms with Gasteiger partial charge in [-0.15, -0.1) is 0 Å². The third kappa shape index (κ3) is 3.71. The van der Waals surface area contributed by atoms with Gasteiger partial charge in [0.25, 0.3) is 0 Å². The van der Waals surface area contributed by atoms with Crippen molar-refractivity contribution in [1.29, 1.82) is 0 Å². The fourth-order valence-electron chi connectivity index (χ4n) is 4.24. The number of hydrogen-bond acceptors (Lipinski definition) is 6. The summed E-state index contributed by atoms with van der Waals surface area (Å²) in [6, 6.07) is 8.46. The van der Waals surface area contributed by atoms with Gasteiger partial charge >= 0.3 is 0 Å². The van der Waals surface area contributed by atoms with Crippen LogP contribution in [0, 0.1) is 13.8 Å². The van der Waals surface area contributed by atoms with E-state index in [1.807, 2.05) is 13.1 Å². The first-order chi connectivity index (χ1) is 15.1. The van der Waals surface area contributed by atoms with Gasteiger partial charge in [0.05, 0.1) is 12.1 Å². The molecule has 0 atom stereocenters. The Morgan fingerprint density at radius 2 is 2.00 bits per heavy atom. The van der Waals surface area contributed by atoms with E-state index in [0.717, 1.165) is 76.9 Å². The average molecular weight is 415 g/mol. The standard InChI is InChI=1S/C24H26N6O/c1-4-5-20-15(2)26-14-27-24(20)30-8-9-31-22-7-6-17(10-19(22)13-30)18-11-21-23(25-12-18)29-16(3)28-21/h6-7,10-12,14H,4-5,8-9,13H2,1-3H3,(H,25,28,29). The first kappa shape index (κ1) is 19.5. The lowest BCUT2D eigenvalue weighted by atomic mass is 10.0. The Kier molecular flexibility index (Phi) is 5.02. The number of imidazole rings is 1. The number of H-pyrrole nitrogens is 1. The monoisotopic (exact) mass is 414 g/mol. The van der Waals surface area contributed by atoms with Gasteiger partial charge < -0.3 is 14.6 Å². The number of fused-ring (bicyclic) bond motifs is 2. The summed E-state index contributed by atoms with van der Waals surface area (Å²) in [5.74, 6) is 2.82. The summed E-state index contributed by atoms with van der Waals surface area (Å²) < 4.78 is 6.08. The van der Waals surface area contributed by atoms with Gasteiger partial charge in [-0.2, -0.15) is 0 Å². The van der Waals surface area contributed by atoms with E-state index >= 15 is 0 Å². The number of rotatable bonds is 4. The minimum absolute atomic E-state index is 0.627. The molecule has 1 aliphatic heterocycles. The van der Waals surface area contributed by atoms with Gasteiger partial charge in [0.2, 0.25) is 0 Å². The number of aromatic nitrogens is 5. The van der Waals surface area contributed by atoms with E-state index < -0.39 is 0 Å². The molecule has 0 unspecified atom stereocenters. The fraction of sp³-hybridized carbons (Fsp3) is 0.333. The molecule has 3 aromatic heterocycles. The lowest BCUT2D eigenvalue weighted by Gasteiger charge is -2.24. The molecule has 1 aliphatic rings. The van der Waals surface area contributed by atoms with Crippen LogP contribution in [0.5, 0.6) is 5.75 Å². The summed E-state index contributed by atoms with van der Waals surface area (Å²) in [5.41, 5.74) is 7.29. The van der Waals surface area contributed by atoms with Crippen LogP contribution < -0.4 is 9.64 Å². The van der Waals surface area contributed by atoms with Crippen molar-refractivity contribution in [2.45, 2.75) is 40.2 Å². The van der Waals surface area contributed by atoms with E-state index in [-0.39, 0.29) is 0 Å². The first-order valence-corrected chi connectivity index (χ1v) is 10.8. The Morgan fingerprint density at radius 3 is 2.87 bits per heavy atom. The van der Waals surface area contributed by atoms with Crippen LogP contribution in [0.25, 0.3) is 22.3 Å². The third-order valence-corrected chi connectivity index (χ3v) is 5.77. The van der Waals surface area contributed by atoms with Crippen LogP contribution in [-0.4, -0.2) is 38.1 Å². The number of aryl methyl sites for hydroxylation is 2. The molecule has 4 heterocycles. The molecule has 4 aromatic rings. The Morgan fingerprint density at radius 1 is 1.10 bits per heavy atom. The Bertz CT molecular complexity index is 1250. The zero-order valence-electron chi connectivity index (χ0n) is 18.1. The Labute approximate surface area is 181 Å². The average Bonchev–Trinajstić information content (AvgIpc) is 3.01. The maximum atomic E-state index is 6.08. The van der Waals surface area contributed by atoms with Gasteiger partial charge in [-0.3, -0.25) is 0 Å². The molecular weight excluding hydrogens is 388 g/mol. The Hall–Kier alpha value is -3.48. The summed E-state index contributed by atoms with van der Waals surface area (Å²) in [5, 5.41) is 0. The molecule has 0 saturated carbocycles. The second-order valence-corrected chi connectivity index (χ2v) is 8.02. The van der Waals surface area contributed by atoms with E-state index in [2.05, 4.69) is 67.9 Å². The van der Waals surface area contributed by atoms with Crippen molar-refractivity contribution in [3.05, 3.63) is 59.4 Å². The van der Waals surface area contributed by atoms with E-state index in [4.69, 9.17) is 4.74 Å². The van der Waals surface area contributed by atoms with Crippen molar-refractivity contribution in [3.63, 3.8) is 0 Å². The summed E-state index contributed by atoms with van der Waals surface area (Å²) in [6.45, 7) is 8.36. The highest BCUT2D eigenvalue weighted by Crippen LogP contribution is 2.32. The first-order valence-electron chi connectivity index (χ1n) is 10.8. The third-order valence-electron chi connectivity index (χ3n) is 5.77. The molecule has 0 aliphatic carbocycles. The number of benzene rings is 1. The van der Waals surface area contributed by atoms with Gasteiger partial charge in [-0.1, -0.05) is 19.4 Å². The molecule has 0 saturated heterocycles. The highest BCUT2D eigenvalue weighted by molar-refractivity contribution is 5.78. The quantitative estimate of drug-likeness (QED) is 0.534. The van der Waals surface area contributed by atoms with E-state index in [1.54, 1.807) is 6.33 Å². The molecule has 7 heteroatoms. The van der Waals surface area contributed by atoms with Crippen molar-refractivity contribution in [3.8, 4) is 16.9 Å². The van der Waals surface area contributed by atoms with Crippen molar-refractivity contribution in [2.75, 3.05) is 18.1 Å². The van der Waals surface area contributed by atoms with Crippen LogP contribution in [0.1, 0.15) is 36.0 Å². The fourth-order valence-corrected chi connectivity index (χ4v) is 4.24. The van der Waals surface area contributed by atoms with E-state index in [1.165, 1.54) is 5.56 Å². The van der Waals surface area contributed by atoms with Crippen LogP contribution in [0.4, 0.5) is 5.82 Å². The smallest absolute Gasteiger partial charge is 0.177 e. The number of anilines is 1. The predicted octanol–water partition coefficient (Wildman–Crippen LogP) is 4.38. The lowest BCUT2D eigenvalue weighted by molar-refractivity contribution is 0.331. The van der Waals surface area contributed by atoms with Crippen molar-refractivity contribution in [1.82, 2.24) is 24.9 Å². The molecule has 1 N–H and O–H groups in total. The van der Waals surface area contributed by atoms with Crippen molar-refractivity contribution >= 4 is 17.0 Å². The zero-order valence-corrected chi connectivity index (χ0v) is 18.1.